The van der Waals surface area contributed by atoms with Gasteiger partial charge in [-0.15, -0.1) is 0 Å². The molecular weight excluding hydrogens is 499 g/mol. The molecule has 2 aromatic carbocycles. The van der Waals surface area contributed by atoms with Gasteiger partial charge in [0.15, 0.2) is 11.5 Å². The van der Waals surface area contributed by atoms with E-state index in [0.717, 1.165) is 12.1 Å². The number of hydrogen-bond donors (Lipinski definition) is 1. The monoisotopic (exact) mass is 514 g/mol. The minimum absolute atomic E-state index is 0.00638. The van der Waals surface area contributed by atoms with Crippen molar-refractivity contribution in [2.75, 3.05) is 12.0 Å². The van der Waals surface area contributed by atoms with Crippen LogP contribution in [-0.4, -0.2) is 28.6 Å². The minimum Gasteiger partial charge on any atom is -0.490 e. The number of ether oxygens (including phenoxy) is 2. The van der Waals surface area contributed by atoms with Crippen molar-refractivity contribution in [2.45, 2.75) is 13.8 Å². The smallest absolute Gasteiger partial charge is 0.308 e. The third-order valence-corrected chi connectivity index (χ3v) is 4.17. The summed E-state index contributed by atoms with van der Waals surface area (Å²) in [6, 6.07) is 6.46. The number of hydrogen-bond acceptors (Lipinski definition) is 9. The zero-order valence-corrected chi connectivity index (χ0v) is 17.4. The number of halogens is 1. The highest BCUT2D eigenvalue weighted by Gasteiger charge is 2.19. The van der Waals surface area contributed by atoms with E-state index in [1.54, 1.807) is 19.1 Å². The first kappa shape index (κ1) is 22.0. The Kier molecular flexibility index (Phi) is 7.41. The first-order valence-electron chi connectivity index (χ1n) is 8.09. The SMILES string of the molecule is CCOc1cc(/C=N\Nc2ccc([N+](=O)[O-])cc2[N+](=O)[O-])cc(I)c1OC(C)=O. The molecule has 12 heteroatoms. The van der Waals surface area contributed by atoms with Crippen LogP contribution < -0.4 is 14.9 Å². The van der Waals surface area contributed by atoms with Gasteiger partial charge in [-0.05, 0) is 53.3 Å². The van der Waals surface area contributed by atoms with Crippen molar-refractivity contribution in [1.82, 2.24) is 0 Å². The highest BCUT2D eigenvalue weighted by atomic mass is 127. The van der Waals surface area contributed by atoms with Crippen molar-refractivity contribution in [2.24, 2.45) is 5.10 Å². The van der Waals surface area contributed by atoms with Crippen molar-refractivity contribution in [3.8, 4) is 11.5 Å². The molecule has 29 heavy (non-hydrogen) atoms. The molecule has 0 bridgehead atoms. The fourth-order valence-electron chi connectivity index (χ4n) is 2.22. The highest BCUT2D eigenvalue weighted by molar-refractivity contribution is 14.1. The number of non-ortho nitro benzene ring substituents is 1. The Morgan fingerprint density at radius 1 is 1.24 bits per heavy atom. The lowest BCUT2D eigenvalue weighted by Crippen LogP contribution is -2.06. The molecule has 0 fully saturated rings. The maximum absolute atomic E-state index is 11.3. The van der Waals surface area contributed by atoms with Gasteiger partial charge in [0.25, 0.3) is 5.69 Å². The normalized spacial score (nSPS) is 10.6. The van der Waals surface area contributed by atoms with Gasteiger partial charge in [0.1, 0.15) is 5.69 Å². The predicted molar refractivity (Wildman–Crippen MR) is 113 cm³/mol. The van der Waals surface area contributed by atoms with Crippen LogP contribution in [0.2, 0.25) is 0 Å². The van der Waals surface area contributed by atoms with E-state index in [4.69, 9.17) is 9.47 Å². The second-order valence-electron chi connectivity index (χ2n) is 5.44. The van der Waals surface area contributed by atoms with Crippen molar-refractivity contribution in [3.05, 3.63) is 59.7 Å². The van der Waals surface area contributed by atoms with Gasteiger partial charge in [-0.1, -0.05) is 0 Å². The molecule has 0 aliphatic heterocycles. The number of benzene rings is 2. The topological polar surface area (TPSA) is 146 Å². The van der Waals surface area contributed by atoms with E-state index in [2.05, 4.69) is 10.5 Å². The van der Waals surface area contributed by atoms with Crippen LogP contribution in [0.5, 0.6) is 11.5 Å². The fourth-order valence-corrected chi connectivity index (χ4v) is 2.96. The summed E-state index contributed by atoms with van der Waals surface area (Å²) < 4.78 is 11.3. The van der Waals surface area contributed by atoms with Gasteiger partial charge < -0.3 is 9.47 Å². The third kappa shape index (κ3) is 5.84. The van der Waals surface area contributed by atoms with E-state index in [0.29, 0.717) is 21.5 Å². The van der Waals surface area contributed by atoms with Crippen LogP contribution in [0.25, 0.3) is 0 Å². The number of carbonyl (C=O) groups is 1. The third-order valence-electron chi connectivity index (χ3n) is 3.36. The van der Waals surface area contributed by atoms with Gasteiger partial charge in [0.05, 0.1) is 32.3 Å². The lowest BCUT2D eigenvalue weighted by molar-refractivity contribution is -0.393. The van der Waals surface area contributed by atoms with Gasteiger partial charge in [-0.2, -0.15) is 5.10 Å². The average Bonchev–Trinajstić information content (AvgIpc) is 2.64. The molecule has 0 unspecified atom stereocenters. The molecule has 0 spiro atoms. The summed E-state index contributed by atoms with van der Waals surface area (Å²) in [6.45, 7) is 3.40. The van der Waals surface area contributed by atoms with Crippen molar-refractivity contribution < 1.29 is 24.1 Å². The van der Waals surface area contributed by atoms with Crippen LogP contribution in [0.3, 0.4) is 0 Å². The number of nitro groups is 2. The largest absolute Gasteiger partial charge is 0.490 e. The summed E-state index contributed by atoms with van der Waals surface area (Å²) in [7, 11) is 0. The highest BCUT2D eigenvalue weighted by Crippen LogP contribution is 2.34. The Labute approximate surface area is 178 Å². The van der Waals surface area contributed by atoms with Gasteiger partial charge in [0, 0.05) is 13.0 Å². The second-order valence-corrected chi connectivity index (χ2v) is 6.60. The van der Waals surface area contributed by atoms with Crippen LogP contribution in [0.1, 0.15) is 19.4 Å². The molecule has 0 aromatic heterocycles. The number of hydrazone groups is 1. The number of nitrogens with one attached hydrogen (secondary N) is 1. The Morgan fingerprint density at radius 2 is 1.97 bits per heavy atom. The molecule has 0 saturated heterocycles. The second kappa shape index (κ2) is 9.77. The zero-order chi connectivity index (χ0) is 21.6. The first-order valence-corrected chi connectivity index (χ1v) is 9.17. The minimum atomic E-state index is -0.741. The summed E-state index contributed by atoms with van der Waals surface area (Å²) in [5.41, 5.74) is 2.19. The number of anilines is 1. The molecular formula is C17H15IN4O7. The molecule has 1 N–H and O–H groups in total. The van der Waals surface area contributed by atoms with Crippen molar-refractivity contribution in [1.29, 1.82) is 0 Å². The molecule has 0 amide bonds. The molecule has 152 valence electrons. The van der Waals surface area contributed by atoms with Crippen LogP contribution in [-0.2, 0) is 4.79 Å². The van der Waals surface area contributed by atoms with Gasteiger partial charge >= 0.3 is 11.7 Å². The average molecular weight is 514 g/mol. The maximum Gasteiger partial charge on any atom is 0.308 e. The van der Waals surface area contributed by atoms with Crippen LogP contribution in [0.4, 0.5) is 17.1 Å². The van der Waals surface area contributed by atoms with E-state index < -0.39 is 27.2 Å². The fraction of sp³-hybridized carbons (Fsp3) is 0.176. The van der Waals surface area contributed by atoms with E-state index >= 15 is 0 Å². The quantitative estimate of drug-likeness (QED) is 0.140. The standard InChI is InChI=1S/C17H15IN4O7/c1-3-28-16-7-11(6-13(18)17(16)29-10(2)23)9-19-20-14-5-4-12(21(24)25)8-15(14)22(26)27/h4-9,20H,3H2,1-2H3/b19-9-. The summed E-state index contributed by atoms with van der Waals surface area (Å²) in [5, 5.41) is 25.9. The van der Waals surface area contributed by atoms with Crippen molar-refractivity contribution >= 4 is 51.8 Å². The molecule has 0 aliphatic carbocycles. The summed E-state index contributed by atoms with van der Waals surface area (Å²) in [6.07, 6.45) is 1.38. The van der Waals surface area contributed by atoms with E-state index in [9.17, 15) is 25.0 Å². The number of esters is 1. The molecule has 0 heterocycles. The number of nitrogens with zero attached hydrogens (tertiary/aromatic N) is 3. The number of carbonyl (C=O) groups excluding carboxylic acids is 1. The van der Waals surface area contributed by atoms with E-state index in [1.807, 2.05) is 22.6 Å². The zero-order valence-electron chi connectivity index (χ0n) is 15.2. The van der Waals surface area contributed by atoms with Crippen molar-refractivity contribution in [3.63, 3.8) is 0 Å². The molecule has 0 saturated carbocycles. The first-order chi connectivity index (χ1) is 13.7. The predicted octanol–water partition coefficient (Wildman–Crippen LogP) is 3.88. The number of rotatable bonds is 8. The molecule has 2 aromatic rings. The van der Waals surface area contributed by atoms with Crippen LogP contribution in [0, 0.1) is 23.8 Å². The molecule has 0 radical (unpaired) electrons. The Morgan fingerprint density at radius 3 is 2.55 bits per heavy atom. The molecule has 11 nitrogen and oxygen atoms in total. The maximum atomic E-state index is 11.3. The van der Waals surface area contributed by atoms with Gasteiger partial charge in [0.2, 0.25) is 0 Å². The van der Waals surface area contributed by atoms with E-state index in [1.165, 1.54) is 19.2 Å². The Hall–Kier alpha value is -3.29. The van der Waals surface area contributed by atoms with Crippen LogP contribution in [0.15, 0.2) is 35.4 Å². The lowest BCUT2D eigenvalue weighted by Gasteiger charge is -2.12. The summed E-state index contributed by atoms with van der Waals surface area (Å²) in [4.78, 5) is 31.7. The Balaban J connectivity index is 2.29. The summed E-state index contributed by atoms with van der Waals surface area (Å²) in [5.74, 6) is 0.144. The van der Waals surface area contributed by atoms with E-state index in [-0.39, 0.29) is 11.4 Å². The molecule has 0 aliphatic rings. The van der Waals surface area contributed by atoms with Gasteiger partial charge in [-0.25, -0.2) is 0 Å². The summed E-state index contributed by atoms with van der Waals surface area (Å²) >= 11 is 1.98. The number of nitro benzene ring substituents is 2. The Bertz CT molecular complexity index is 994. The lowest BCUT2D eigenvalue weighted by atomic mass is 10.2. The van der Waals surface area contributed by atoms with Gasteiger partial charge in [-0.3, -0.25) is 30.4 Å². The molecule has 2 rings (SSSR count). The molecule has 0 atom stereocenters. The van der Waals surface area contributed by atoms with Crippen LogP contribution >= 0.6 is 22.6 Å².